The summed E-state index contributed by atoms with van der Waals surface area (Å²) < 4.78 is 16.3. The van der Waals surface area contributed by atoms with E-state index in [-0.39, 0.29) is 43.8 Å². The van der Waals surface area contributed by atoms with E-state index in [9.17, 15) is 29.3 Å². The average molecular weight is 582 g/mol. The van der Waals surface area contributed by atoms with Crippen LogP contribution in [0.3, 0.4) is 0 Å². The van der Waals surface area contributed by atoms with Gasteiger partial charge >= 0.3 is 11.9 Å². The molecule has 1 aliphatic heterocycles. The quantitative estimate of drug-likeness (QED) is 0.284. The second-order valence-electron chi connectivity index (χ2n) is 10.2. The van der Waals surface area contributed by atoms with Gasteiger partial charge in [-0.25, -0.2) is 4.79 Å². The molecule has 12 nitrogen and oxygen atoms in total. The van der Waals surface area contributed by atoms with Crippen molar-refractivity contribution in [3.05, 3.63) is 81.9 Å². The Kier molecular flexibility index (Phi) is 11.6. The number of hydrogen-bond acceptors (Lipinski definition) is 9. The molecule has 1 aliphatic rings. The lowest BCUT2D eigenvalue weighted by Gasteiger charge is -2.23. The molecule has 0 unspecified atom stereocenters. The van der Waals surface area contributed by atoms with Crippen LogP contribution in [-0.4, -0.2) is 54.5 Å². The van der Waals surface area contributed by atoms with Gasteiger partial charge in [0.15, 0.2) is 6.10 Å². The van der Waals surface area contributed by atoms with Crippen molar-refractivity contribution in [1.82, 2.24) is 10.6 Å². The van der Waals surface area contributed by atoms with Crippen molar-refractivity contribution in [2.75, 3.05) is 13.7 Å². The van der Waals surface area contributed by atoms with Crippen molar-refractivity contribution in [3.63, 3.8) is 0 Å². The van der Waals surface area contributed by atoms with Crippen molar-refractivity contribution in [1.29, 1.82) is 0 Å². The van der Waals surface area contributed by atoms with Gasteiger partial charge in [-0.1, -0.05) is 32.1 Å². The molecule has 0 aliphatic carbocycles. The number of methoxy groups -OCH3 is 1. The highest BCUT2D eigenvalue weighted by molar-refractivity contribution is 5.93. The van der Waals surface area contributed by atoms with E-state index in [0.29, 0.717) is 11.3 Å². The maximum Gasteiger partial charge on any atom is 0.348 e. The van der Waals surface area contributed by atoms with Crippen molar-refractivity contribution in [2.45, 2.75) is 57.8 Å². The Morgan fingerprint density at radius 1 is 1.02 bits per heavy atom. The molecule has 224 valence electrons. The highest BCUT2D eigenvalue weighted by Gasteiger charge is 2.29. The number of benzene rings is 2. The number of rotatable bonds is 7. The second kappa shape index (κ2) is 15.3. The molecule has 42 heavy (non-hydrogen) atoms. The van der Waals surface area contributed by atoms with E-state index < -0.39 is 46.9 Å². The first-order valence-corrected chi connectivity index (χ1v) is 13.6. The van der Waals surface area contributed by atoms with Crippen molar-refractivity contribution < 1.29 is 38.3 Å². The van der Waals surface area contributed by atoms with E-state index in [1.165, 1.54) is 36.4 Å². The average Bonchev–Trinajstić information content (AvgIpc) is 2.95. The molecular formula is C30H35N3O9. The van der Waals surface area contributed by atoms with Crippen LogP contribution >= 0.6 is 0 Å². The van der Waals surface area contributed by atoms with E-state index in [1.807, 2.05) is 13.8 Å². The van der Waals surface area contributed by atoms with Crippen LogP contribution < -0.4 is 15.4 Å². The SMILES string of the molecule is COc1ccc(C[C@H]2NC(=O)/C=C/C[C@@H](c3ccc([N+](=O)[O-])cc3)OC(=O)[C@H](CC(C)C)OC(=O)CCNC2=O)cc1. The van der Waals surface area contributed by atoms with Gasteiger partial charge in [0.05, 0.1) is 18.5 Å². The molecule has 0 aromatic heterocycles. The normalized spacial score (nSPS) is 21.5. The number of non-ortho nitro benzene ring substituents is 1. The van der Waals surface area contributed by atoms with Crippen LogP contribution in [0.15, 0.2) is 60.7 Å². The molecule has 0 radical (unpaired) electrons. The summed E-state index contributed by atoms with van der Waals surface area (Å²) in [6.07, 6.45) is 0.797. The fraction of sp³-hybridized carbons (Fsp3) is 0.400. The molecule has 2 amide bonds. The molecule has 0 fully saturated rings. The number of carbonyl (C=O) groups is 4. The standard InChI is InChI=1S/C30H35N3O9/c1-19(2)17-26-30(37)42-25(21-9-11-22(12-10-21)33(38)39)5-4-6-27(34)32-24(29(36)31-16-15-28(35)41-26)18-20-7-13-23(40-3)14-8-20/h4,6-14,19,24-26H,5,15-18H2,1-3H3,(H,31,36)(H,32,34)/b6-4+/t24-,25+,26+/m1/s1. The molecule has 2 N–H and O–H groups in total. The maximum atomic E-state index is 13.1. The van der Waals surface area contributed by atoms with E-state index in [4.69, 9.17) is 14.2 Å². The smallest absolute Gasteiger partial charge is 0.348 e. The largest absolute Gasteiger partial charge is 0.497 e. The number of ether oxygens (including phenoxy) is 3. The van der Waals surface area contributed by atoms with Crippen LogP contribution in [0.25, 0.3) is 0 Å². The number of amides is 2. The molecule has 0 saturated heterocycles. The van der Waals surface area contributed by atoms with Crippen molar-refractivity contribution >= 4 is 29.4 Å². The molecule has 0 saturated carbocycles. The number of nitrogens with zero attached hydrogens (tertiary/aromatic N) is 1. The van der Waals surface area contributed by atoms with E-state index in [1.54, 1.807) is 31.4 Å². The fourth-order valence-electron chi connectivity index (χ4n) is 4.25. The van der Waals surface area contributed by atoms with E-state index in [0.717, 1.165) is 5.56 Å². The van der Waals surface area contributed by atoms with Gasteiger partial charge < -0.3 is 24.8 Å². The number of nitrogens with one attached hydrogen (secondary N) is 2. The van der Waals surface area contributed by atoms with E-state index in [2.05, 4.69) is 10.6 Å². The fourth-order valence-corrected chi connectivity index (χ4v) is 4.25. The highest BCUT2D eigenvalue weighted by atomic mass is 16.6. The lowest BCUT2D eigenvalue weighted by Crippen LogP contribution is -2.48. The van der Waals surface area contributed by atoms with Crippen LogP contribution in [0, 0.1) is 16.0 Å². The number of hydrogen-bond donors (Lipinski definition) is 2. The third-order valence-electron chi connectivity index (χ3n) is 6.44. The molecule has 2 aromatic carbocycles. The number of nitro groups is 1. The molecule has 2 aromatic rings. The lowest BCUT2D eigenvalue weighted by atomic mass is 10.0. The predicted octanol–water partition coefficient (Wildman–Crippen LogP) is 3.34. The molecule has 3 rings (SSSR count). The number of nitro benzene ring substituents is 1. The Balaban J connectivity index is 1.88. The van der Waals surface area contributed by atoms with Crippen molar-refractivity contribution in [3.8, 4) is 5.75 Å². The minimum absolute atomic E-state index is 0.0132. The number of carbonyl (C=O) groups excluding carboxylic acids is 4. The van der Waals surface area contributed by atoms with Crippen molar-refractivity contribution in [2.24, 2.45) is 5.92 Å². The summed E-state index contributed by atoms with van der Waals surface area (Å²) >= 11 is 0. The topological polar surface area (TPSA) is 163 Å². The zero-order valence-corrected chi connectivity index (χ0v) is 23.7. The Morgan fingerprint density at radius 2 is 1.71 bits per heavy atom. The summed E-state index contributed by atoms with van der Waals surface area (Å²) in [5, 5.41) is 16.4. The molecule has 0 bridgehead atoms. The molecule has 3 atom stereocenters. The van der Waals surface area contributed by atoms with Crippen LogP contribution in [0.5, 0.6) is 5.75 Å². The van der Waals surface area contributed by atoms with Gasteiger partial charge in [0.25, 0.3) is 5.69 Å². The van der Waals surface area contributed by atoms with Gasteiger partial charge in [-0.2, -0.15) is 0 Å². The number of cyclic esters (lactones) is 2. The van der Waals surface area contributed by atoms with Gasteiger partial charge in [-0.05, 0) is 53.8 Å². The summed E-state index contributed by atoms with van der Waals surface area (Å²) in [5.74, 6) is -1.90. The first-order valence-electron chi connectivity index (χ1n) is 13.6. The second-order valence-corrected chi connectivity index (χ2v) is 10.2. The third-order valence-corrected chi connectivity index (χ3v) is 6.44. The summed E-state index contributed by atoms with van der Waals surface area (Å²) in [6, 6.07) is 11.6. The zero-order chi connectivity index (χ0) is 30.6. The maximum absolute atomic E-state index is 13.1. The molecule has 1 heterocycles. The lowest BCUT2D eigenvalue weighted by molar-refractivity contribution is -0.384. The minimum Gasteiger partial charge on any atom is -0.497 e. The van der Waals surface area contributed by atoms with Gasteiger partial charge in [0.1, 0.15) is 17.9 Å². The third kappa shape index (κ3) is 9.72. The van der Waals surface area contributed by atoms with Gasteiger partial charge in [-0.3, -0.25) is 24.5 Å². The van der Waals surface area contributed by atoms with Crippen LogP contribution in [0.4, 0.5) is 5.69 Å². The first-order chi connectivity index (χ1) is 20.0. The summed E-state index contributed by atoms with van der Waals surface area (Å²) in [6.45, 7) is 3.65. The van der Waals surface area contributed by atoms with Crippen LogP contribution in [0.2, 0.25) is 0 Å². The molecule has 12 heteroatoms. The van der Waals surface area contributed by atoms with Gasteiger partial charge in [0, 0.05) is 31.5 Å². The molecular weight excluding hydrogens is 546 g/mol. The highest BCUT2D eigenvalue weighted by Crippen LogP contribution is 2.26. The van der Waals surface area contributed by atoms with Gasteiger partial charge in [-0.15, -0.1) is 0 Å². The Morgan fingerprint density at radius 3 is 2.33 bits per heavy atom. The summed E-state index contributed by atoms with van der Waals surface area (Å²) in [7, 11) is 1.54. The molecule has 0 spiro atoms. The van der Waals surface area contributed by atoms with Gasteiger partial charge in [0.2, 0.25) is 11.8 Å². The van der Waals surface area contributed by atoms with Crippen LogP contribution in [-0.2, 0) is 35.1 Å². The minimum atomic E-state index is -1.20. The Bertz CT molecular complexity index is 1290. The van der Waals surface area contributed by atoms with Crippen LogP contribution in [0.1, 0.15) is 50.3 Å². The predicted molar refractivity (Wildman–Crippen MR) is 151 cm³/mol. The summed E-state index contributed by atoms with van der Waals surface area (Å²) in [5.41, 5.74) is 1.09. The zero-order valence-electron chi connectivity index (χ0n) is 23.7. The van der Waals surface area contributed by atoms with E-state index >= 15 is 0 Å². The summed E-state index contributed by atoms with van der Waals surface area (Å²) in [4.78, 5) is 62.1. The monoisotopic (exact) mass is 581 g/mol. The first kappa shape index (κ1) is 31.8. The Labute approximate surface area is 243 Å². The number of esters is 2. The Hall–Kier alpha value is -4.74.